The third-order valence-electron chi connectivity index (χ3n) is 2.36. The van der Waals surface area contributed by atoms with Crippen molar-refractivity contribution in [3.63, 3.8) is 0 Å². The molecule has 13 heavy (non-hydrogen) atoms. The topological polar surface area (TPSA) is 24.9 Å². The smallest absolute Gasteiger partial charge is 0.125 e. The summed E-state index contributed by atoms with van der Waals surface area (Å²) in [6.07, 6.45) is 3.89. The summed E-state index contributed by atoms with van der Waals surface area (Å²) in [5.41, 5.74) is 0. The molecule has 0 bridgehead atoms. The molecular weight excluding hydrogens is 187 g/mol. The second-order valence-corrected chi connectivity index (χ2v) is 4.62. The average Bonchev–Trinajstić information content (AvgIpc) is 2.76. The highest BCUT2D eigenvalue weighted by molar-refractivity contribution is 7.11. The third kappa shape index (κ3) is 2.25. The molecule has 0 aliphatic carbocycles. The van der Waals surface area contributed by atoms with E-state index in [1.807, 2.05) is 0 Å². The monoisotopic (exact) mass is 200 g/mol. The van der Waals surface area contributed by atoms with Crippen LogP contribution in [0, 0.1) is 5.92 Å². The Balaban J connectivity index is 1.92. The Kier molecular flexibility index (Phi) is 2.90. The lowest BCUT2D eigenvalue weighted by Gasteiger charge is -2.03. The van der Waals surface area contributed by atoms with Gasteiger partial charge in [0.05, 0.1) is 9.88 Å². The lowest BCUT2D eigenvalue weighted by molar-refractivity contribution is 0.491. The summed E-state index contributed by atoms with van der Waals surface area (Å²) < 4.78 is 12.2. The van der Waals surface area contributed by atoms with Crippen molar-refractivity contribution in [1.82, 2.24) is 10.3 Å². The summed E-state index contributed by atoms with van der Waals surface area (Å²) in [6, 6.07) is 0. The molecule has 1 atom stereocenters. The van der Waals surface area contributed by atoms with Crippen molar-refractivity contribution in [3.05, 3.63) is 16.1 Å². The van der Waals surface area contributed by atoms with Gasteiger partial charge in [-0.05, 0) is 25.4 Å². The van der Waals surface area contributed by atoms with Gasteiger partial charge >= 0.3 is 0 Å². The van der Waals surface area contributed by atoms with Crippen LogP contribution in [0.15, 0.2) is 6.20 Å². The van der Waals surface area contributed by atoms with Crippen LogP contribution in [0.1, 0.15) is 16.3 Å². The highest BCUT2D eigenvalue weighted by Crippen LogP contribution is 2.20. The number of rotatable bonds is 3. The normalized spacial score (nSPS) is 22.4. The lowest BCUT2D eigenvalue weighted by Crippen LogP contribution is -2.10. The summed E-state index contributed by atoms with van der Waals surface area (Å²) in [6.45, 7) is 1.83. The molecule has 2 heterocycles. The molecule has 72 valence electrons. The minimum Gasteiger partial charge on any atom is -0.316 e. The third-order valence-corrected chi connectivity index (χ3v) is 3.34. The molecule has 0 radical (unpaired) electrons. The first-order chi connectivity index (χ1) is 6.38. The maximum atomic E-state index is 12.2. The summed E-state index contributed by atoms with van der Waals surface area (Å²) in [5.74, 6) is 0.707. The van der Waals surface area contributed by atoms with Crippen LogP contribution in [0.5, 0.6) is 0 Å². The van der Waals surface area contributed by atoms with Crippen molar-refractivity contribution in [2.45, 2.75) is 19.5 Å². The van der Waals surface area contributed by atoms with Gasteiger partial charge in [0.1, 0.15) is 6.67 Å². The van der Waals surface area contributed by atoms with E-state index < -0.39 is 0 Å². The van der Waals surface area contributed by atoms with E-state index in [1.165, 1.54) is 17.8 Å². The fourth-order valence-corrected chi connectivity index (χ4v) is 2.53. The molecule has 0 saturated carbocycles. The maximum Gasteiger partial charge on any atom is 0.125 e. The molecular formula is C9H13FN2S. The van der Waals surface area contributed by atoms with E-state index in [2.05, 4.69) is 10.3 Å². The Labute approximate surface area is 81.2 Å². The van der Waals surface area contributed by atoms with Crippen LogP contribution < -0.4 is 5.32 Å². The summed E-state index contributed by atoms with van der Waals surface area (Å²) in [5, 5.41) is 4.40. The van der Waals surface area contributed by atoms with E-state index >= 15 is 0 Å². The predicted octanol–water partition coefficient (Wildman–Crippen LogP) is 1.76. The van der Waals surface area contributed by atoms with Gasteiger partial charge in [-0.1, -0.05) is 0 Å². The van der Waals surface area contributed by atoms with Crippen LogP contribution in [0.3, 0.4) is 0 Å². The number of aromatic nitrogens is 1. The van der Waals surface area contributed by atoms with E-state index in [0.29, 0.717) is 5.92 Å². The van der Waals surface area contributed by atoms with Gasteiger partial charge in [0.15, 0.2) is 0 Å². The SMILES string of the molecule is FCc1cnc(CC2CCNC2)s1. The van der Waals surface area contributed by atoms with Crippen molar-refractivity contribution in [1.29, 1.82) is 0 Å². The molecule has 1 aromatic rings. The van der Waals surface area contributed by atoms with Gasteiger partial charge in [0, 0.05) is 12.6 Å². The lowest BCUT2D eigenvalue weighted by atomic mass is 10.1. The van der Waals surface area contributed by atoms with Gasteiger partial charge in [-0.25, -0.2) is 9.37 Å². The van der Waals surface area contributed by atoms with Crippen LogP contribution in [0.25, 0.3) is 0 Å². The first kappa shape index (κ1) is 9.09. The minimum absolute atomic E-state index is 0.374. The number of nitrogens with one attached hydrogen (secondary N) is 1. The average molecular weight is 200 g/mol. The quantitative estimate of drug-likeness (QED) is 0.804. The van der Waals surface area contributed by atoms with E-state index in [-0.39, 0.29) is 6.67 Å². The van der Waals surface area contributed by atoms with Crippen LogP contribution in [-0.4, -0.2) is 18.1 Å². The predicted molar refractivity (Wildman–Crippen MR) is 51.6 cm³/mol. The molecule has 1 N–H and O–H groups in total. The summed E-state index contributed by atoms with van der Waals surface area (Å²) >= 11 is 1.51. The molecule has 2 rings (SSSR count). The van der Waals surface area contributed by atoms with Gasteiger partial charge < -0.3 is 5.32 Å². The molecule has 1 aromatic heterocycles. The number of nitrogens with zero attached hydrogens (tertiary/aromatic N) is 1. The molecule has 1 fully saturated rings. The van der Waals surface area contributed by atoms with Crippen molar-refractivity contribution < 1.29 is 4.39 Å². The fraction of sp³-hybridized carbons (Fsp3) is 0.667. The largest absolute Gasteiger partial charge is 0.316 e. The molecule has 0 spiro atoms. The van der Waals surface area contributed by atoms with E-state index in [0.717, 1.165) is 29.4 Å². The summed E-state index contributed by atoms with van der Waals surface area (Å²) in [4.78, 5) is 4.95. The molecule has 0 amide bonds. The first-order valence-corrected chi connectivity index (χ1v) is 5.40. The summed E-state index contributed by atoms with van der Waals surface area (Å²) in [7, 11) is 0. The minimum atomic E-state index is -0.374. The number of hydrogen-bond acceptors (Lipinski definition) is 3. The van der Waals surface area contributed by atoms with Crippen LogP contribution in [0.4, 0.5) is 4.39 Å². The molecule has 1 aliphatic heterocycles. The van der Waals surface area contributed by atoms with Gasteiger partial charge in [0.25, 0.3) is 0 Å². The van der Waals surface area contributed by atoms with Gasteiger partial charge in [-0.3, -0.25) is 0 Å². The Morgan fingerprint density at radius 3 is 3.23 bits per heavy atom. The molecule has 0 aromatic carbocycles. The molecule has 2 nitrogen and oxygen atoms in total. The van der Waals surface area contributed by atoms with E-state index in [9.17, 15) is 4.39 Å². The molecule has 4 heteroatoms. The van der Waals surface area contributed by atoms with Crippen molar-refractivity contribution >= 4 is 11.3 Å². The zero-order valence-corrected chi connectivity index (χ0v) is 8.24. The van der Waals surface area contributed by atoms with Crippen molar-refractivity contribution in [3.8, 4) is 0 Å². The number of thiazole rings is 1. The van der Waals surface area contributed by atoms with Gasteiger partial charge in [-0.15, -0.1) is 11.3 Å². The second-order valence-electron chi connectivity index (χ2n) is 3.42. The molecule has 1 aliphatic rings. The Morgan fingerprint density at radius 1 is 1.69 bits per heavy atom. The molecule has 1 unspecified atom stereocenters. The second kappa shape index (κ2) is 4.15. The maximum absolute atomic E-state index is 12.2. The Hall–Kier alpha value is -0.480. The van der Waals surface area contributed by atoms with Gasteiger partial charge in [-0.2, -0.15) is 0 Å². The van der Waals surface area contributed by atoms with E-state index in [4.69, 9.17) is 0 Å². The van der Waals surface area contributed by atoms with E-state index in [1.54, 1.807) is 6.20 Å². The Morgan fingerprint density at radius 2 is 2.62 bits per heavy atom. The zero-order valence-electron chi connectivity index (χ0n) is 7.42. The first-order valence-electron chi connectivity index (χ1n) is 4.58. The highest BCUT2D eigenvalue weighted by Gasteiger charge is 2.16. The molecule has 1 saturated heterocycles. The van der Waals surface area contributed by atoms with Crippen molar-refractivity contribution in [2.24, 2.45) is 5.92 Å². The Bertz CT molecular complexity index is 268. The number of halogens is 1. The fourth-order valence-electron chi connectivity index (χ4n) is 1.64. The zero-order chi connectivity index (χ0) is 9.10. The number of hydrogen-bond donors (Lipinski definition) is 1. The highest BCUT2D eigenvalue weighted by atomic mass is 32.1. The van der Waals surface area contributed by atoms with Crippen molar-refractivity contribution in [2.75, 3.05) is 13.1 Å². The van der Waals surface area contributed by atoms with Gasteiger partial charge in [0.2, 0.25) is 0 Å². The number of alkyl halides is 1. The van der Waals surface area contributed by atoms with Crippen LogP contribution in [0.2, 0.25) is 0 Å². The van der Waals surface area contributed by atoms with Crippen LogP contribution >= 0.6 is 11.3 Å². The standard InChI is InChI=1S/C9H13FN2S/c10-4-8-6-12-9(13-8)3-7-1-2-11-5-7/h6-7,11H,1-5H2. The van der Waals surface area contributed by atoms with Crippen LogP contribution in [-0.2, 0) is 13.1 Å².